The van der Waals surface area contributed by atoms with Crippen LogP contribution in [0.4, 0.5) is 0 Å². The van der Waals surface area contributed by atoms with Crippen molar-refractivity contribution in [3.63, 3.8) is 0 Å². The minimum atomic E-state index is -0.310. The molecule has 0 spiro atoms. The van der Waals surface area contributed by atoms with E-state index in [0.717, 1.165) is 11.1 Å². The van der Waals surface area contributed by atoms with Crippen LogP contribution in [0.5, 0.6) is 0 Å². The summed E-state index contributed by atoms with van der Waals surface area (Å²) in [5, 5.41) is 3.68. The van der Waals surface area contributed by atoms with Crippen molar-refractivity contribution in [1.29, 1.82) is 0 Å². The molecule has 0 amide bonds. The van der Waals surface area contributed by atoms with Crippen molar-refractivity contribution < 1.29 is 0 Å². The Balaban J connectivity index is 1.50. The van der Waals surface area contributed by atoms with Gasteiger partial charge in [0.25, 0.3) is 0 Å². The zero-order chi connectivity index (χ0) is 26.3. The van der Waals surface area contributed by atoms with Gasteiger partial charge < -0.3 is 5.73 Å². The van der Waals surface area contributed by atoms with Gasteiger partial charge in [-0.1, -0.05) is 109 Å². The first-order valence-corrected chi connectivity index (χ1v) is 13.0. The van der Waals surface area contributed by atoms with E-state index in [1.165, 1.54) is 39.0 Å². The molecule has 5 aromatic rings. The van der Waals surface area contributed by atoms with E-state index in [4.69, 9.17) is 5.73 Å². The van der Waals surface area contributed by atoms with Gasteiger partial charge in [-0.2, -0.15) is 0 Å². The van der Waals surface area contributed by atoms with Crippen molar-refractivity contribution in [2.45, 2.75) is 26.1 Å². The van der Waals surface area contributed by atoms with Crippen molar-refractivity contribution >= 4 is 5.57 Å². The highest BCUT2D eigenvalue weighted by molar-refractivity contribution is 5.70. The Morgan fingerprint density at radius 2 is 1.29 bits per heavy atom. The molecule has 0 saturated heterocycles. The molecule has 0 bridgehead atoms. The maximum atomic E-state index is 6.67. The predicted octanol–water partition coefficient (Wildman–Crippen LogP) is 8.12. The second-order valence-electron chi connectivity index (χ2n) is 9.69. The van der Waals surface area contributed by atoms with Crippen molar-refractivity contribution in [2.24, 2.45) is 5.73 Å². The largest absolute Gasteiger partial charge is 0.312 e. The van der Waals surface area contributed by atoms with E-state index >= 15 is 0 Å². The number of benzene rings is 4. The number of hydrogen-bond donors (Lipinski definition) is 2. The van der Waals surface area contributed by atoms with Crippen LogP contribution in [0.1, 0.15) is 41.4 Å². The van der Waals surface area contributed by atoms with Gasteiger partial charge in [-0.25, -0.2) is 0 Å². The van der Waals surface area contributed by atoms with Crippen LogP contribution in [0, 0.1) is 6.92 Å². The summed E-state index contributed by atoms with van der Waals surface area (Å²) in [4.78, 5) is 4.18. The molecule has 188 valence electrons. The van der Waals surface area contributed by atoms with Gasteiger partial charge in [0.15, 0.2) is 0 Å². The van der Waals surface area contributed by atoms with E-state index < -0.39 is 0 Å². The van der Waals surface area contributed by atoms with Gasteiger partial charge in [-0.15, -0.1) is 0 Å². The standard InChI is InChI=1S/C35H33N3/c1-25-21-32(30-17-19-37-20-18-30)24-33(22-25)34(38-35(36)31-11-7-4-8-12-31)23-26(2)27-13-15-29(16-14-27)28-9-5-3-6-10-28/h3-24,34-35,38H,36H2,1-2H3/b26-23+. The lowest BCUT2D eigenvalue weighted by molar-refractivity contribution is 0.508. The van der Waals surface area contributed by atoms with E-state index in [9.17, 15) is 0 Å². The van der Waals surface area contributed by atoms with Crippen molar-refractivity contribution in [1.82, 2.24) is 10.3 Å². The second-order valence-corrected chi connectivity index (χ2v) is 9.69. The molecular weight excluding hydrogens is 462 g/mol. The molecule has 0 fully saturated rings. The molecule has 0 aliphatic heterocycles. The second kappa shape index (κ2) is 11.8. The zero-order valence-corrected chi connectivity index (χ0v) is 21.9. The third-order valence-electron chi connectivity index (χ3n) is 6.85. The van der Waals surface area contributed by atoms with Crippen LogP contribution in [-0.4, -0.2) is 4.98 Å². The normalized spacial score (nSPS) is 13.2. The SMILES string of the molecule is C/C(=C\C(NC(N)c1ccccc1)c1cc(C)cc(-c2ccncc2)c1)c1ccc(-c2ccccc2)cc1. The molecule has 0 aliphatic carbocycles. The molecule has 2 unspecified atom stereocenters. The smallest absolute Gasteiger partial charge is 0.0817 e. The molecule has 0 saturated carbocycles. The highest BCUT2D eigenvalue weighted by Crippen LogP contribution is 2.30. The van der Waals surface area contributed by atoms with Crippen molar-refractivity contribution in [3.8, 4) is 22.3 Å². The molecule has 0 aliphatic rings. The molecule has 2 atom stereocenters. The number of nitrogens with two attached hydrogens (primary N) is 1. The average Bonchev–Trinajstić information content (AvgIpc) is 2.98. The van der Waals surface area contributed by atoms with Gasteiger partial charge in [0.1, 0.15) is 0 Å². The number of rotatable bonds is 8. The monoisotopic (exact) mass is 495 g/mol. The van der Waals surface area contributed by atoms with Gasteiger partial charge in [0.2, 0.25) is 0 Å². The van der Waals surface area contributed by atoms with Gasteiger partial charge >= 0.3 is 0 Å². The van der Waals surface area contributed by atoms with Crippen LogP contribution >= 0.6 is 0 Å². The average molecular weight is 496 g/mol. The molecule has 1 aromatic heterocycles. The first kappa shape index (κ1) is 25.3. The van der Waals surface area contributed by atoms with Crippen LogP contribution in [0.2, 0.25) is 0 Å². The first-order chi connectivity index (χ1) is 18.6. The van der Waals surface area contributed by atoms with Gasteiger partial charge in [-0.3, -0.25) is 10.3 Å². The summed E-state index contributed by atoms with van der Waals surface area (Å²) in [5.74, 6) is 0. The van der Waals surface area contributed by atoms with Gasteiger partial charge in [-0.05, 0) is 76.6 Å². The van der Waals surface area contributed by atoms with Crippen LogP contribution in [0.25, 0.3) is 27.8 Å². The Morgan fingerprint density at radius 3 is 1.97 bits per heavy atom. The van der Waals surface area contributed by atoms with E-state index in [2.05, 4.69) is 109 Å². The van der Waals surface area contributed by atoms with Crippen LogP contribution < -0.4 is 11.1 Å². The highest BCUT2D eigenvalue weighted by Gasteiger charge is 2.16. The minimum Gasteiger partial charge on any atom is -0.312 e. The fourth-order valence-electron chi connectivity index (χ4n) is 4.80. The van der Waals surface area contributed by atoms with E-state index in [1.54, 1.807) is 0 Å². The molecule has 4 aromatic carbocycles. The predicted molar refractivity (Wildman–Crippen MR) is 159 cm³/mol. The van der Waals surface area contributed by atoms with Crippen LogP contribution in [0.3, 0.4) is 0 Å². The summed E-state index contributed by atoms with van der Waals surface area (Å²) in [6, 6.07) is 40.1. The molecule has 3 nitrogen and oxygen atoms in total. The Kier molecular flexibility index (Phi) is 7.89. The molecule has 1 heterocycles. The maximum Gasteiger partial charge on any atom is 0.0817 e. The minimum absolute atomic E-state index is 0.0838. The third kappa shape index (κ3) is 6.15. The number of pyridine rings is 1. The summed E-state index contributed by atoms with van der Waals surface area (Å²) < 4.78 is 0. The first-order valence-electron chi connectivity index (χ1n) is 13.0. The Bertz CT molecular complexity index is 1490. The molecule has 3 heteroatoms. The molecule has 3 N–H and O–H groups in total. The van der Waals surface area contributed by atoms with Gasteiger partial charge in [0.05, 0.1) is 12.2 Å². The van der Waals surface area contributed by atoms with E-state index in [1.807, 2.05) is 48.8 Å². The molecule has 5 rings (SSSR count). The van der Waals surface area contributed by atoms with E-state index in [-0.39, 0.29) is 12.2 Å². The fraction of sp³-hybridized carbons (Fsp3) is 0.114. The highest BCUT2D eigenvalue weighted by atomic mass is 15.0. The number of allylic oxidation sites excluding steroid dienone is 1. The van der Waals surface area contributed by atoms with Crippen molar-refractivity contribution in [2.75, 3.05) is 0 Å². The molecule has 0 radical (unpaired) electrons. The fourth-order valence-corrected chi connectivity index (χ4v) is 4.80. The van der Waals surface area contributed by atoms with Crippen LogP contribution in [-0.2, 0) is 0 Å². The van der Waals surface area contributed by atoms with E-state index in [0.29, 0.717) is 0 Å². The zero-order valence-electron chi connectivity index (χ0n) is 21.9. The molecular formula is C35H33N3. The number of aryl methyl sites for hydroxylation is 1. The summed E-state index contributed by atoms with van der Waals surface area (Å²) >= 11 is 0. The number of nitrogens with zero attached hydrogens (tertiary/aromatic N) is 1. The lowest BCUT2D eigenvalue weighted by Gasteiger charge is -2.24. The summed E-state index contributed by atoms with van der Waals surface area (Å²) in [6.45, 7) is 4.31. The maximum absolute atomic E-state index is 6.67. The molecule has 38 heavy (non-hydrogen) atoms. The summed E-state index contributed by atoms with van der Waals surface area (Å²) in [7, 11) is 0. The van der Waals surface area contributed by atoms with Gasteiger partial charge in [0, 0.05) is 12.4 Å². The van der Waals surface area contributed by atoms with Crippen LogP contribution in [0.15, 0.2) is 134 Å². The number of aromatic nitrogens is 1. The quantitative estimate of drug-likeness (QED) is 0.214. The topological polar surface area (TPSA) is 50.9 Å². The Hall–Kier alpha value is -4.31. The third-order valence-corrected chi connectivity index (χ3v) is 6.85. The number of nitrogens with one attached hydrogen (secondary N) is 1. The summed E-state index contributed by atoms with van der Waals surface area (Å²) in [5.41, 5.74) is 17.2. The summed E-state index contributed by atoms with van der Waals surface area (Å²) in [6.07, 6.45) is 5.64. The Morgan fingerprint density at radius 1 is 0.684 bits per heavy atom. The Labute approximate surface area is 225 Å². The lowest BCUT2D eigenvalue weighted by atomic mass is 9.94. The van der Waals surface area contributed by atoms with Crippen molar-refractivity contribution in [3.05, 3.63) is 156 Å². The lowest BCUT2D eigenvalue weighted by Crippen LogP contribution is -2.31. The number of hydrogen-bond acceptors (Lipinski definition) is 3.